The van der Waals surface area contributed by atoms with Crippen molar-refractivity contribution >= 4 is 28.8 Å². The number of aromatic nitrogens is 1. The van der Waals surface area contributed by atoms with Crippen molar-refractivity contribution in [3.63, 3.8) is 0 Å². The second-order valence-corrected chi connectivity index (χ2v) is 6.93. The molecule has 0 radical (unpaired) electrons. The molecule has 0 bridgehead atoms. The highest BCUT2D eigenvalue weighted by molar-refractivity contribution is 5.95. The minimum absolute atomic E-state index is 0.0642. The molecule has 1 saturated carbocycles. The molecule has 1 aromatic carbocycles. The smallest absolute Gasteiger partial charge is 0.341 e. The number of hydrogen-bond acceptors (Lipinski definition) is 5. The predicted molar refractivity (Wildman–Crippen MR) is 100 cm³/mol. The molecule has 1 atom stereocenters. The van der Waals surface area contributed by atoms with Gasteiger partial charge in [-0.15, -0.1) is 0 Å². The van der Waals surface area contributed by atoms with Crippen molar-refractivity contribution in [1.29, 1.82) is 0 Å². The first-order valence-corrected chi connectivity index (χ1v) is 8.87. The lowest BCUT2D eigenvalue weighted by Crippen LogP contribution is -2.34. The first-order valence-electron chi connectivity index (χ1n) is 8.87. The van der Waals surface area contributed by atoms with Gasteiger partial charge < -0.3 is 25.1 Å². The van der Waals surface area contributed by atoms with E-state index in [2.05, 4.69) is 10.6 Å². The van der Waals surface area contributed by atoms with Crippen molar-refractivity contribution in [3.05, 3.63) is 39.4 Å². The number of aromatic carboxylic acids is 1. The number of rotatable bonds is 8. The minimum atomic E-state index is -1.31. The van der Waals surface area contributed by atoms with Gasteiger partial charge in [-0.3, -0.25) is 4.79 Å². The number of nitrogens with one attached hydrogen (secondary N) is 2. The molecule has 3 N–H and O–H groups in total. The number of aldehydes is 1. The van der Waals surface area contributed by atoms with Gasteiger partial charge in [0, 0.05) is 30.4 Å². The van der Waals surface area contributed by atoms with E-state index in [-0.39, 0.29) is 40.8 Å². The summed E-state index contributed by atoms with van der Waals surface area (Å²) < 4.78 is 16.6. The zero-order chi connectivity index (χ0) is 19.7. The number of pyridine rings is 1. The van der Waals surface area contributed by atoms with Gasteiger partial charge in [-0.2, -0.15) is 0 Å². The van der Waals surface area contributed by atoms with Crippen LogP contribution in [0.1, 0.15) is 41.7 Å². The zero-order valence-electron chi connectivity index (χ0n) is 15.2. The Kier molecular flexibility index (Phi) is 5.27. The van der Waals surface area contributed by atoms with Gasteiger partial charge in [-0.1, -0.05) is 0 Å². The molecule has 8 heteroatoms. The summed E-state index contributed by atoms with van der Waals surface area (Å²) in [6.45, 7) is 3.95. The molecule has 0 saturated heterocycles. The van der Waals surface area contributed by atoms with Crippen LogP contribution in [0, 0.1) is 12.7 Å². The van der Waals surface area contributed by atoms with Gasteiger partial charge in [0.1, 0.15) is 17.7 Å². The lowest BCUT2D eigenvalue weighted by atomic mass is 10.0. The average molecular weight is 375 g/mol. The van der Waals surface area contributed by atoms with Gasteiger partial charge in [0.25, 0.3) is 0 Å². The molecule has 0 amide bonds. The van der Waals surface area contributed by atoms with Gasteiger partial charge in [-0.05, 0) is 32.8 Å². The van der Waals surface area contributed by atoms with Crippen LogP contribution < -0.4 is 16.1 Å². The molecule has 1 unspecified atom stereocenters. The average Bonchev–Trinajstić information content (AvgIpc) is 3.46. The van der Waals surface area contributed by atoms with E-state index in [0.29, 0.717) is 12.1 Å². The molecule has 1 aliphatic rings. The second kappa shape index (κ2) is 7.48. The number of anilines is 1. The van der Waals surface area contributed by atoms with Crippen LogP contribution >= 0.6 is 0 Å². The minimum Gasteiger partial charge on any atom is -0.477 e. The van der Waals surface area contributed by atoms with Crippen LogP contribution in [0.15, 0.2) is 17.1 Å². The molecule has 0 spiro atoms. The van der Waals surface area contributed by atoms with Gasteiger partial charge in [0.2, 0.25) is 5.43 Å². The van der Waals surface area contributed by atoms with Crippen molar-refractivity contribution in [2.75, 3.05) is 18.4 Å². The van der Waals surface area contributed by atoms with E-state index in [9.17, 15) is 23.9 Å². The fraction of sp³-hybridized carbons (Fsp3) is 0.421. The summed E-state index contributed by atoms with van der Waals surface area (Å²) in [6.07, 6.45) is 3.90. The van der Waals surface area contributed by atoms with Crippen LogP contribution in [0.4, 0.5) is 10.1 Å². The Morgan fingerprint density at radius 3 is 2.78 bits per heavy atom. The topological polar surface area (TPSA) is 100 Å². The number of carboxylic acids is 1. The lowest BCUT2D eigenvalue weighted by Gasteiger charge is -2.18. The quantitative estimate of drug-likeness (QED) is 0.611. The van der Waals surface area contributed by atoms with E-state index in [1.165, 1.54) is 13.1 Å². The fourth-order valence-corrected chi connectivity index (χ4v) is 3.19. The van der Waals surface area contributed by atoms with Crippen molar-refractivity contribution in [1.82, 2.24) is 9.88 Å². The highest BCUT2D eigenvalue weighted by Gasteiger charge is 2.28. The summed E-state index contributed by atoms with van der Waals surface area (Å²) >= 11 is 0. The molecule has 1 fully saturated rings. The maximum absolute atomic E-state index is 14.9. The number of aryl methyl sites for hydroxylation is 1. The van der Waals surface area contributed by atoms with E-state index in [4.69, 9.17) is 0 Å². The third-order valence-electron chi connectivity index (χ3n) is 4.81. The summed E-state index contributed by atoms with van der Waals surface area (Å²) in [5.74, 6) is -1.89. The Morgan fingerprint density at radius 1 is 1.48 bits per heavy atom. The third kappa shape index (κ3) is 3.71. The zero-order valence-corrected chi connectivity index (χ0v) is 15.2. The SMILES string of the molecule is Cc1c(F)c(NCC(C)NCC=O)cc2c1c(=O)c(C(=O)O)cn2C1CC1. The normalized spacial score (nSPS) is 14.9. The Balaban J connectivity index is 2.08. The molecule has 7 nitrogen and oxygen atoms in total. The maximum Gasteiger partial charge on any atom is 0.341 e. The molecule has 1 heterocycles. The Morgan fingerprint density at radius 2 is 2.19 bits per heavy atom. The van der Waals surface area contributed by atoms with Crippen LogP contribution in [0.25, 0.3) is 10.9 Å². The number of fused-ring (bicyclic) bond motifs is 1. The first-order chi connectivity index (χ1) is 12.8. The number of carbonyl (C=O) groups excluding carboxylic acids is 1. The van der Waals surface area contributed by atoms with E-state index in [1.54, 1.807) is 10.6 Å². The van der Waals surface area contributed by atoms with Gasteiger partial charge in [-0.25, -0.2) is 9.18 Å². The Hall–Kier alpha value is -2.74. The van der Waals surface area contributed by atoms with E-state index >= 15 is 0 Å². The molecule has 1 aromatic heterocycles. The molecule has 0 aliphatic heterocycles. The highest BCUT2D eigenvalue weighted by atomic mass is 19.1. The van der Waals surface area contributed by atoms with Crippen molar-refractivity contribution in [3.8, 4) is 0 Å². The summed E-state index contributed by atoms with van der Waals surface area (Å²) in [6, 6.07) is 1.62. The Bertz CT molecular complexity index is 966. The molecule has 3 rings (SSSR count). The monoisotopic (exact) mass is 375 g/mol. The Labute approximate surface area is 155 Å². The lowest BCUT2D eigenvalue weighted by molar-refractivity contribution is -0.107. The number of carboxylic acid groups (broad SMARTS) is 1. The largest absolute Gasteiger partial charge is 0.477 e. The number of halogens is 1. The number of nitrogens with zero attached hydrogens (tertiary/aromatic N) is 1. The summed E-state index contributed by atoms with van der Waals surface area (Å²) in [7, 11) is 0. The van der Waals surface area contributed by atoms with E-state index < -0.39 is 17.2 Å². The summed E-state index contributed by atoms with van der Waals surface area (Å²) in [4.78, 5) is 34.5. The highest BCUT2D eigenvalue weighted by Crippen LogP contribution is 2.38. The molecule has 2 aromatic rings. The molecule has 144 valence electrons. The van der Waals surface area contributed by atoms with Crippen LogP contribution in [-0.2, 0) is 4.79 Å². The second-order valence-electron chi connectivity index (χ2n) is 6.93. The fourth-order valence-electron chi connectivity index (χ4n) is 3.19. The van der Waals surface area contributed by atoms with Crippen LogP contribution in [0.2, 0.25) is 0 Å². The standard InChI is InChI=1S/C19H22FN3O4/c1-10(21-5-6-24)8-22-14-7-15-16(11(2)17(14)20)18(25)13(19(26)27)9-23(15)12-3-4-12/h6-7,9-10,12,21-22H,3-5,8H2,1-2H3,(H,26,27). The summed E-state index contributed by atoms with van der Waals surface area (Å²) in [5.41, 5.74) is -0.104. The van der Waals surface area contributed by atoms with E-state index in [1.807, 2.05) is 6.92 Å². The number of benzene rings is 1. The van der Waals surface area contributed by atoms with Gasteiger partial charge >= 0.3 is 5.97 Å². The van der Waals surface area contributed by atoms with Crippen LogP contribution in [-0.4, -0.2) is 41.1 Å². The van der Waals surface area contributed by atoms with Crippen LogP contribution in [0.5, 0.6) is 0 Å². The first kappa shape index (κ1) is 19.0. The van der Waals surface area contributed by atoms with Crippen molar-refractivity contribution in [2.45, 2.75) is 38.8 Å². The van der Waals surface area contributed by atoms with Crippen LogP contribution in [0.3, 0.4) is 0 Å². The third-order valence-corrected chi connectivity index (χ3v) is 4.81. The van der Waals surface area contributed by atoms with Crippen molar-refractivity contribution in [2.24, 2.45) is 0 Å². The summed E-state index contributed by atoms with van der Waals surface area (Å²) in [5, 5.41) is 15.4. The van der Waals surface area contributed by atoms with Gasteiger partial charge in [0.05, 0.1) is 23.1 Å². The predicted octanol–water partition coefficient (Wildman–Crippen LogP) is 2.07. The van der Waals surface area contributed by atoms with E-state index in [0.717, 1.165) is 19.1 Å². The molecule has 27 heavy (non-hydrogen) atoms. The van der Waals surface area contributed by atoms with Gasteiger partial charge in [0.15, 0.2) is 0 Å². The maximum atomic E-state index is 14.9. The number of hydrogen-bond donors (Lipinski definition) is 3. The number of carbonyl (C=O) groups is 2. The van der Waals surface area contributed by atoms with Crippen molar-refractivity contribution < 1.29 is 19.1 Å². The molecule has 1 aliphatic carbocycles. The molecular weight excluding hydrogens is 353 g/mol. The molecular formula is C19H22FN3O4.